The lowest BCUT2D eigenvalue weighted by Gasteiger charge is -2.23. The van der Waals surface area contributed by atoms with Crippen LogP contribution in [-0.4, -0.2) is 38.2 Å². The molecule has 0 atom stereocenters. The van der Waals surface area contributed by atoms with E-state index in [4.69, 9.17) is 17.3 Å². The van der Waals surface area contributed by atoms with Crippen molar-refractivity contribution in [3.63, 3.8) is 0 Å². The number of aliphatic imine (C=N–C) groups is 1. The number of nitrogens with two attached hydrogens (primary N) is 1. The molecule has 9 heteroatoms. The van der Waals surface area contributed by atoms with E-state index in [-0.39, 0.29) is 12.4 Å². The van der Waals surface area contributed by atoms with Gasteiger partial charge >= 0.3 is 12.1 Å². The zero-order valence-corrected chi connectivity index (χ0v) is 12.8. The molecule has 0 amide bonds. The van der Waals surface area contributed by atoms with Crippen LogP contribution in [0.25, 0.3) is 0 Å². The highest BCUT2D eigenvalue weighted by Crippen LogP contribution is 2.29. The lowest BCUT2D eigenvalue weighted by Crippen LogP contribution is -2.36. The van der Waals surface area contributed by atoms with E-state index in [0.717, 1.165) is 7.11 Å². The van der Waals surface area contributed by atoms with E-state index in [1.807, 2.05) is 0 Å². The molecule has 0 unspecified atom stereocenters. The Morgan fingerprint density at radius 1 is 1.35 bits per heavy atom. The Morgan fingerprint density at radius 3 is 2.48 bits per heavy atom. The van der Waals surface area contributed by atoms with Crippen molar-refractivity contribution in [3.05, 3.63) is 40.6 Å². The van der Waals surface area contributed by atoms with Crippen LogP contribution in [0.5, 0.6) is 0 Å². The summed E-state index contributed by atoms with van der Waals surface area (Å²) in [5, 5.41) is 0.477. The SMILES string of the molecule is COC(=O)C(C1=NCCN1c1ccc(Cl)cc1)=C(N)C(F)(F)F. The largest absolute Gasteiger partial charge is 0.465 e. The Kier molecular flexibility index (Phi) is 4.84. The van der Waals surface area contributed by atoms with Crippen LogP contribution >= 0.6 is 11.6 Å². The van der Waals surface area contributed by atoms with Crippen LogP contribution in [0, 0.1) is 0 Å². The average Bonchev–Trinajstić information content (AvgIpc) is 2.96. The van der Waals surface area contributed by atoms with E-state index in [2.05, 4.69) is 9.73 Å². The van der Waals surface area contributed by atoms with Gasteiger partial charge in [-0.25, -0.2) is 4.79 Å². The van der Waals surface area contributed by atoms with E-state index in [0.29, 0.717) is 17.3 Å². The second-order valence-electron chi connectivity index (χ2n) is 4.61. The lowest BCUT2D eigenvalue weighted by molar-refractivity contribution is -0.136. The second kappa shape index (κ2) is 6.49. The third-order valence-corrected chi connectivity index (χ3v) is 3.42. The number of esters is 1. The number of rotatable bonds is 3. The van der Waals surface area contributed by atoms with E-state index < -0.39 is 23.4 Å². The van der Waals surface area contributed by atoms with Gasteiger partial charge < -0.3 is 15.4 Å². The predicted octanol–water partition coefficient (Wildman–Crippen LogP) is 2.51. The second-order valence-corrected chi connectivity index (χ2v) is 5.05. The molecule has 23 heavy (non-hydrogen) atoms. The van der Waals surface area contributed by atoms with Gasteiger partial charge in [0.25, 0.3) is 0 Å². The summed E-state index contributed by atoms with van der Waals surface area (Å²) in [6.07, 6.45) is -4.87. The lowest BCUT2D eigenvalue weighted by atomic mass is 10.1. The van der Waals surface area contributed by atoms with Crippen LogP contribution in [0.15, 0.2) is 40.5 Å². The Labute approximate surface area is 135 Å². The molecule has 0 saturated carbocycles. The van der Waals surface area contributed by atoms with Crippen molar-refractivity contribution in [2.24, 2.45) is 10.7 Å². The van der Waals surface area contributed by atoms with Crippen LogP contribution in [0.3, 0.4) is 0 Å². The van der Waals surface area contributed by atoms with Gasteiger partial charge in [-0.2, -0.15) is 13.2 Å². The smallest absolute Gasteiger partial charge is 0.431 e. The van der Waals surface area contributed by atoms with Gasteiger partial charge in [0.1, 0.15) is 17.1 Å². The van der Waals surface area contributed by atoms with Gasteiger partial charge in [-0.3, -0.25) is 4.99 Å². The molecule has 1 aliphatic rings. The quantitative estimate of drug-likeness (QED) is 0.674. The van der Waals surface area contributed by atoms with Crippen molar-refractivity contribution < 1.29 is 22.7 Å². The number of allylic oxidation sites excluding steroid dienone is 1. The molecule has 0 aliphatic carbocycles. The van der Waals surface area contributed by atoms with Crippen molar-refractivity contribution in [2.75, 3.05) is 25.1 Å². The third kappa shape index (κ3) is 3.58. The first kappa shape index (κ1) is 17.1. The van der Waals surface area contributed by atoms with Crippen LogP contribution in [-0.2, 0) is 9.53 Å². The number of hydrogen-bond acceptors (Lipinski definition) is 5. The Hall–Kier alpha value is -2.22. The minimum atomic E-state index is -4.87. The number of benzene rings is 1. The summed E-state index contributed by atoms with van der Waals surface area (Å²) in [7, 11) is 0.980. The van der Waals surface area contributed by atoms with E-state index in [9.17, 15) is 18.0 Å². The standard InChI is InChI=1S/C14H13ClF3N3O2/c1-23-13(22)10(11(19)14(16,17)18)12-20-6-7-21(12)9-4-2-8(15)3-5-9/h2-5H,6-7,19H2,1H3. The number of halogens is 4. The molecule has 2 rings (SSSR count). The first-order valence-corrected chi connectivity index (χ1v) is 6.86. The van der Waals surface area contributed by atoms with Gasteiger partial charge in [-0.05, 0) is 24.3 Å². The molecule has 1 aromatic carbocycles. The zero-order valence-electron chi connectivity index (χ0n) is 12.0. The highest BCUT2D eigenvalue weighted by Gasteiger charge is 2.40. The fourth-order valence-corrected chi connectivity index (χ4v) is 2.23. The van der Waals surface area contributed by atoms with Crippen molar-refractivity contribution in [1.29, 1.82) is 0 Å². The summed E-state index contributed by atoms with van der Waals surface area (Å²) in [6.45, 7) is 0.534. The van der Waals surface area contributed by atoms with Gasteiger partial charge in [0.2, 0.25) is 0 Å². The van der Waals surface area contributed by atoms with Crippen LogP contribution in [0.4, 0.5) is 18.9 Å². The monoisotopic (exact) mass is 347 g/mol. The normalized spacial score (nSPS) is 16.0. The van der Waals surface area contributed by atoms with Gasteiger partial charge in [0, 0.05) is 17.3 Å². The average molecular weight is 348 g/mol. The van der Waals surface area contributed by atoms with Crippen molar-refractivity contribution in [3.8, 4) is 0 Å². The fraction of sp³-hybridized carbons (Fsp3) is 0.286. The molecular formula is C14H13ClF3N3O2. The first-order valence-electron chi connectivity index (χ1n) is 6.49. The van der Waals surface area contributed by atoms with Crippen molar-refractivity contribution >= 4 is 29.1 Å². The number of anilines is 1. The van der Waals surface area contributed by atoms with Crippen LogP contribution < -0.4 is 10.6 Å². The summed E-state index contributed by atoms with van der Waals surface area (Å²) in [5.74, 6) is -1.37. The van der Waals surface area contributed by atoms with Crippen molar-refractivity contribution in [1.82, 2.24) is 0 Å². The predicted molar refractivity (Wildman–Crippen MR) is 80.4 cm³/mol. The van der Waals surface area contributed by atoms with Gasteiger partial charge in [0.05, 0.1) is 13.7 Å². The highest BCUT2D eigenvalue weighted by atomic mass is 35.5. The van der Waals surface area contributed by atoms with E-state index >= 15 is 0 Å². The maximum atomic E-state index is 13.0. The maximum absolute atomic E-state index is 13.0. The number of hydrogen-bond donors (Lipinski definition) is 1. The number of methoxy groups -OCH3 is 1. The molecule has 0 saturated heterocycles. The van der Waals surface area contributed by atoms with Crippen LogP contribution in [0.2, 0.25) is 5.02 Å². The molecule has 124 valence electrons. The summed E-state index contributed by atoms with van der Waals surface area (Å²) in [6, 6.07) is 6.40. The summed E-state index contributed by atoms with van der Waals surface area (Å²) >= 11 is 5.80. The molecule has 1 aromatic rings. The molecule has 1 aliphatic heterocycles. The minimum absolute atomic E-state index is 0.172. The Balaban J connectivity index is 2.50. The molecule has 0 aromatic heterocycles. The molecule has 5 nitrogen and oxygen atoms in total. The molecule has 0 bridgehead atoms. The van der Waals surface area contributed by atoms with E-state index in [1.54, 1.807) is 24.3 Å². The number of carbonyl (C=O) groups excluding carboxylic acids is 1. The Morgan fingerprint density at radius 2 is 1.96 bits per heavy atom. The van der Waals surface area contributed by atoms with Gasteiger partial charge in [-0.1, -0.05) is 11.6 Å². The summed E-state index contributed by atoms with van der Waals surface area (Å²) < 4.78 is 43.3. The fourth-order valence-electron chi connectivity index (χ4n) is 2.10. The molecule has 0 spiro atoms. The summed E-state index contributed by atoms with van der Waals surface area (Å²) in [4.78, 5) is 17.3. The number of ether oxygens (including phenoxy) is 1. The molecule has 1 heterocycles. The number of nitrogens with zero attached hydrogens (tertiary/aromatic N) is 2. The molecule has 2 N–H and O–H groups in total. The number of amidine groups is 1. The maximum Gasteiger partial charge on any atom is 0.431 e. The van der Waals surface area contributed by atoms with Gasteiger partial charge in [-0.15, -0.1) is 0 Å². The van der Waals surface area contributed by atoms with Gasteiger partial charge in [0.15, 0.2) is 0 Å². The topological polar surface area (TPSA) is 67.9 Å². The molecular weight excluding hydrogens is 335 g/mol. The Bertz CT molecular complexity index is 669. The molecule has 0 fully saturated rings. The number of carbonyl (C=O) groups is 1. The summed E-state index contributed by atoms with van der Waals surface area (Å²) in [5.41, 5.74) is 3.35. The minimum Gasteiger partial charge on any atom is -0.465 e. The zero-order chi connectivity index (χ0) is 17.2. The van der Waals surface area contributed by atoms with Crippen LogP contribution in [0.1, 0.15) is 0 Å². The molecule has 0 radical (unpaired) electrons. The first-order chi connectivity index (χ1) is 10.8. The van der Waals surface area contributed by atoms with Crippen molar-refractivity contribution in [2.45, 2.75) is 6.18 Å². The highest BCUT2D eigenvalue weighted by molar-refractivity contribution is 6.30. The third-order valence-electron chi connectivity index (χ3n) is 3.17. The number of alkyl halides is 3. The van der Waals surface area contributed by atoms with E-state index in [1.165, 1.54) is 4.90 Å².